The second kappa shape index (κ2) is 6.82. The number of nitrogens with zero attached hydrogens (tertiary/aromatic N) is 1. The summed E-state index contributed by atoms with van der Waals surface area (Å²) in [5, 5.41) is 3.99. The average Bonchev–Trinajstić information content (AvgIpc) is 2.96. The molecule has 0 aliphatic heterocycles. The van der Waals surface area contributed by atoms with E-state index in [-0.39, 0.29) is 28.6 Å². The highest BCUT2D eigenvalue weighted by molar-refractivity contribution is 5.82. The highest BCUT2D eigenvalue weighted by atomic mass is 19.1. The minimum absolute atomic E-state index is 0.180. The van der Waals surface area contributed by atoms with Crippen LogP contribution in [0.15, 0.2) is 30.5 Å². The summed E-state index contributed by atoms with van der Waals surface area (Å²) in [6.45, 7) is 8.82. The largest absolute Gasteiger partial charge is 0.354 e. The van der Waals surface area contributed by atoms with Crippen molar-refractivity contribution in [2.45, 2.75) is 71.8 Å². The zero-order chi connectivity index (χ0) is 20.1. The maximum Gasteiger partial charge on any atom is 0.220 e. The Morgan fingerprint density at radius 2 is 1.86 bits per heavy atom. The molecule has 2 unspecified atom stereocenters. The lowest BCUT2D eigenvalue weighted by molar-refractivity contribution is -0.122. The fourth-order valence-corrected chi connectivity index (χ4v) is 6.16. The fourth-order valence-electron chi connectivity index (χ4n) is 6.16. The van der Waals surface area contributed by atoms with Crippen molar-refractivity contribution < 1.29 is 9.18 Å². The van der Waals surface area contributed by atoms with Crippen molar-refractivity contribution in [2.24, 2.45) is 16.7 Å². The van der Waals surface area contributed by atoms with Crippen LogP contribution in [0.4, 0.5) is 4.39 Å². The molecule has 3 nitrogen and oxygen atoms in total. The molecule has 1 N–H and O–H groups in total. The molecule has 2 aliphatic carbocycles. The average molecular weight is 383 g/mol. The molecule has 0 spiro atoms. The van der Waals surface area contributed by atoms with Crippen molar-refractivity contribution in [1.82, 2.24) is 10.3 Å². The number of pyridine rings is 1. The van der Waals surface area contributed by atoms with Crippen LogP contribution < -0.4 is 5.32 Å². The van der Waals surface area contributed by atoms with Gasteiger partial charge in [-0.15, -0.1) is 0 Å². The maximum atomic E-state index is 13.9. The van der Waals surface area contributed by atoms with Crippen LogP contribution in [0.3, 0.4) is 0 Å². The van der Waals surface area contributed by atoms with Crippen molar-refractivity contribution in [3.05, 3.63) is 41.8 Å². The van der Waals surface area contributed by atoms with Crippen LogP contribution in [0, 0.1) is 22.6 Å². The number of aromatic nitrogens is 1. The number of halogens is 1. The molecule has 0 bridgehead atoms. The number of amides is 1. The highest BCUT2D eigenvalue weighted by Gasteiger charge is 2.58. The predicted molar refractivity (Wildman–Crippen MR) is 111 cm³/mol. The van der Waals surface area contributed by atoms with Crippen molar-refractivity contribution in [3.63, 3.8) is 0 Å². The first-order chi connectivity index (χ1) is 13.2. The molecule has 1 aromatic heterocycles. The van der Waals surface area contributed by atoms with Gasteiger partial charge in [-0.2, -0.15) is 0 Å². The van der Waals surface area contributed by atoms with Crippen LogP contribution in [0.25, 0.3) is 10.9 Å². The summed E-state index contributed by atoms with van der Waals surface area (Å²) >= 11 is 0. The van der Waals surface area contributed by atoms with Gasteiger partial charge >= 0.3 is 0 Å². The van der Waals surface area contributed by atoms with Crippen molar-refractivity contribution in [3.8, 4) is 0 Å². The van der Waals surface area contributed by atoms with Crippen LogP contribution in [-0.4, -0.2) is 16.9 Å². The van der Waals surface area contributed by atoms with Gasteiger partial charge in [0.05, 0.1) is 5.52 Å². The lowest BCUT2D eigenvalue weighted by Crippen LogP contribution is -2.31. The Kier molecular flexibility index (Phi) is 4.71. The van der Waals surface area contributed by atoms with Gasteiger partial charge in [-0.05, 0) is 92.0 Å². The Hall–Kier alpha value is -1.97. The molecular formula is C24H31FN2O. The zero-order valence-electron chi connectivity index (χ0n) is 17.4. The van der Waals surface area contributed by atoms with Crippen LogP contribution in [0.1, 0.15) is 71.3 Å². The van der Waals surface area contributed by atoms with Crippen LogP contribution in [-0.2, 0) is 4.79 Å². The molecule has 4 rings (SSSR count). The second-order valence-corrected chi connectivity index (χ2v) is 9.99. The van der Waals surface area contributed by atoms with Gasteiger partial charge in [0.2, 0.25) is 5.91 Å². The molecule has 1 aromatic carbocycles. The van der Waals surface area contributed by atoms with Crippen molar-refractivity contribution >= 4 is 16.8 Å². The maximum absolute atomic E-state index is 13.9. The van der Waals surface area contributed by atoms with E-state index in [1.807, 2.05) is 20.0 Å². The summed E-state index contributed by atoms with van der Waals surface area (Å²) in [4.78, 5) is 16.7. The fraction of sp³-hybridized carbons (Fsp3) is 0.583. The van der Waals surface area contributed by atoms with E-state index >= 15 is 0 Å². The standard InChI is InChI=1S/C24H31FN2O/c1-15(2)27-22(28)9-16-11-23(3)13-17(14-24(23,4)12-16)19-7-8-26-21-6-5-18(25)10-20(19)21/h5-8,10,15-17H,9,11-14H2,1-4H3,(H,27,28)/t16?,17?,23-,24+. The molecule has 1 heterocycles. The number of carbonyl (C=O) groups excluding carboxylic acids is 1. The monoisotopic (exact) mass is 382 g/mol. The van der Waals surface area contributed by atoms with Gasteiger partial charge in [-0.25, -0.2) is 4.39 Å². The number of fused-ring (bicyclic) bond motifs is 2. The Labute approximate surface area is 167 Å². The van der Waals surface area contributed by atoms with E-state index in [1.54, 1.807) is 12.1 Å². The first-order valence-electron chi connectivity index (χ1n) is 10.5. The Morgan fingerprint density at radius 1 is 1.18 bits per heavy atom. The SMILES string of the molecule is CC(C)NC(=O)CC1C[C@@]2(C)CC(c3ccnc4ccc(F)cc34)C[C@@]2(C)C1. The van der Waals surface area contributed by atoms with E-state index < -0.39 is 0 Å². The third-order valence-electron chi connectivity index (χ3n) is 7.43. The molecule has 2 saturated carbocycles. The predicted octanol–water partition coefficient (Wildman–Crippen LogP) is 5.59. The van der Waals surface area contributed by atoms with Gasteiger partial charge in [-0.1, -0.05) is 13.8 Å². The van der Waals surface area contributed by atoms with Gasteiger partial charge in [0, 0.05) is 24.0 Å². The van der Waals surface area contributed by atoms with E-state index in [9.17, 15) is 9.18 Å². The molecule has 4 heteroatoms. The minimum Gasteiger partial charge on any atom is -0.354 e. The smallest absolute Gasteiger partial charge is 0.220 e. The highest BCUT2D eigenvalue weighted by Crippen LogP contribution is 2.68. The summed E-state index contributed by atoms with van der Waals surface area (Å²) in [6.07, 6.45) is 6.89. The number of nitrogens with one attached hydrogen (secondary N) is 1. The third-order valence-corrected chi connectivity index (χ3v) is 7.43. The van der Waals surface area contributed by atoms with Crippen molar-refractivity contribution in [1.29, 1.82) is 0 Å². The summed E-state index contributed by atoms with van der Waals surface area (Å²) in [6, 6.07) is 7.17. The first-order valence-corrected chi connectivity index (χ1v) is 10.5. The molecule has 150 valence electrons. The van der Waals surface area contributed by atoms with Gasteiger partial charge in [0.25, 0.3) is 0 Å². The molecular weight excluding hydrogens is 351 g/mol. The topological polar surface area (TPSA) is 42.0 Å². The number of benzene rings is 1. The van der Waals surface area contributed by atoms with Gasteiger partial charge in [0.15, 0.2) is 0 Å². The van der Waals surface area contributed by atoms with Crippen LogP contribution >= 0.6 is 0 Å². The quantitative estimate of drug-likeness (QED) is 0.749. The van der Waals surface area contributed by atoms with E-state index in [2.05, 4.69) is 30.2 Å². The van der Waals surface area contributed by atoms with Crippen molar-refractivity contribution in [2.75, 3.05) is 0 Å². The van der Waals surface area contributed by atoms with Gasteiger partial charge < -0.3 is 5.32 Å². The van der Waals surface area contributed by atoms with E-state index in [1.165, 1.54) is 11.6 Å². The van der Waals surface area contributed by atoms with E-state index in [4.69, 9.17) is 0 Å². The molecule has 4 atom stereocenters. The Morgan fingerprint density at radius 3 is 2.50 bits per heavy atom. The lowest BCUT2D eigenvalue weighted by Gasteiger charge is -2.34. The number of hydrogen-bond acceptors (Lipinski definition) is 2. The minimum atomic E-state index is -0.200. The lowest BCUT2D eigenvalue weighted by atomic mass is 9.71. The second-order valence-electron chi connectivity index (χ2n) is 9.99. The van der Waals surface area contributed by atoms with Gasteiger partial charge in [0.1, 0.15) is 5.82 Å². The van der Waals surface area contributed by atoms with Crippen LogP contribution in [0.2, 0.25) is 0 Å². The molecule has 2 aromatic rings. The number of hydrogen-bond donors (Lipinski definition) is 1. The number of rotatable bonds is 4. The van der Waals surface area contributed by atoms with E-state index in [0.29, 0.717) is 18.3 Å². The summed E-state index contributed by atoms with van der Waals surface area (Å²) in [5.41, 5.74) is 2.55. The molecule has 2 aliphatic rings. The molecule has 2 fully saturated rings. The molecule has 28 heavy (non-hydrogen) atoms. The normalized spacial score (nSPS) is 32.1. The Balaban J connectivity index is 1.55. The van der Waals surface area contributed by atoms with E-state index in [0.717, 1.165) is 36.6 Å². The summed E-state index contributed by atoms with van der Waals surface area (Å²) < 4.78 is 13.9. The molecule has 1 amide bonds. The molecule has 0 saturated heterocycles. The Bertz CT molecular complexity index is 891. The first kappa shape index (κ1) is 19.4. The summed E-state index contributed by atoms with van der Waals surface area (Å²) in [7, 11) is 0. The van der Waals surface area contributed by atoms with Crippen LogP contribution in [0.5, 0.6) is 0 Å². The third kappa shape index (κ3) is 3.31. The zero-order valence-corrected chi connectivity index (χ0v) is 17.4. The van der Waals surface area contributed by atoms with Gasteiger partial charge in [-0.3, -0.25) is 9.78 Å². The summed E-state index contributed by atoms with van der Waals surface area (Å²) in [5.74, 6) is 0.863. The molecule has 0 radical (unpaired) electrons. The number of carbonyl (C=O) groups is 1.